The number of nitro benzene ring substituents is 1. The van der Waals surface area contributed by atoms with Crippen LogP contribution in [0.25, 0.3) is 0 Å². The molecule has 0 saturated carbocycles. The molecule has 1 atom stereocenters. The van der Waals surface area contributed by atoms with Crippen LogP contribution in [0.1, 0.15) is 17.3 Å². The van der Waals surface area contributed by atoms with Crippen LogP contribution in [-0.4, -0.2) is 53.6 Å². The number of ether oxygens (including phenoxy) is 1. The number of rotatable bonds is 8. The molecule has 2 amide bonds. The lowest BCUT2D eigenvalue weighted by Crippen LogP contribution is -2.30. The lowest BCUT2D eigenvalue weighted by molar-refractivity contribution is -0.384. The quantitative estimate of drug-likeness (QED) is 0.273. The molecule has 0 radical (unpaired) electrons. The van der Waals surface area contributed by atoms with Crippen LogP contribution in [0.3, 0.4) is 0 Å². The zero-order chi connectivity index (χ0) is 23.1. The van der Waals surface area contributed by atoms with E-state index in [0.717, 1.165) is 6.07 Å². The molecule has 0 aliphatic carbocycles. The minimum absolute atomic E-state index is 0.0200. The van der Waals surface area contributed by atoms with E-state index in [2.05, 4.69) is 5.32 Å². The molecule has 9 nitrogen and oxygen atoms in total. The molecule has 0 fully saturated rings. The molecule has 0 spiro atoms. The fraction of sp³-hybridized carbons (Fsp3) is 0.250. The molecule has 0 aromatic heterocycles. The van der Waals surface area contributed by atoms with Gasteiger partial charge in [0.25, 0.3) is 11.6 Å². The Morgan fingerprint density at radius 2 is 1.90 bits per heavy atom. The summed E-state index contributed by atoms with van der Waals surface area (Å²) >= 11 is 7.16. The van der Waals surface area contributed by atoms with E-state index in [4.69, 9.17) is 16.3 Å². The van der Waals surface area contributed by atoms with Gasteiger partial charge in [0.2, 0.25) is 5.91 Å². The molecule has 1 N–H and O–H groups in total. The summed E-state index contributed by atoms with van der Waals surface area (Å²) in [5, 5.41) is 13.2. The van der Waals surface area contributed by atoms with Crippen molar-refractivity contribution in [2.75, 3.05) is 25.2 Å². The molecule has 0 saturated heterocycles. The lowest BCUT2D eigenvalue weighted by Gasteiger charge is -2.16. The van der Waals surface area contributed by atoms with Crippen molar-refractivity contribution in [1.29, 1.82) is 0 Å². The lowest BCUT2D eigenvalue weighted by atomic mass is 10.2. The molecule has 0 heterocycles. The van der Waals surface area contributed by atoms with Gasteiger partial charge < -0.3 is 15.0 Å². The Morgan fingerprint density at radius 1 is 1.23 bits per heavy atom. The third kappa shape index (κ3) is 6.69. The average Bonchev–Trinajstić information content (AvgIpc) is 2.73. The summed E-state index contributed by atoms with van der Waals surface area (Å²) in [6.07, 6.45) is -1.17. The maximum absolute atomic E-state index is 12.6. The number of hydrogen-bond donors (Lipinski definition) is 1. The average molecular weight is 466 g/mol. The van der Waals surface area contributed by atoms with Crippen molar-refractivity contribution in [3.63, 3.8) is 0 Å². The second-order valence-corrected chi connectivity index (χ2v) is 7.96. The second kappa shape index (κ2) is 10.8. The van der Waals surface area contributed by atoms with Crippen molar-refractivity contribution < 1.29 is 24.0 Å². The number of amides is 2. The van der Waals surface area contributed by atoms with E-state index >= 15 is 0 Å². The highest BCUT2D eigenvalue weighted by molar-refractivity contribution is 8.00. The van der Waals surface area contributed by atoms with Gasteiger partial charge >= 0.3 is 5.97 Å². The van der Waals surface area contributed by atoms with Gasteiger partial charge in [0, 0.05) is 31.1 Å². The van der Waals surface area contributed by atoms with Gasteiger partial charge in [-0.25, -0.2) is 4.79 Å². The van der Waals surface area contributed by atoms with Crippen LogP contribution >= 0.6 is 23.4 Å². The van der Waals surface area contributed by atoms with E-state index < -0.39 is 22.9 Å². The molecule has 2 rings (SSSR count). The Labute approximate surface area is 187 Å². The number of halogens is 1. The van der Waals surface area contributed by atoms with Crippen LogP contribution < -0.4 is 5.32 Å². The maximum atomic E-state index is 12.6. The van der Waals surface area contributed by atoms with Crippen molar-refractivity contribution in [2.45, 2.75) is 17.9 Å². The molecule has 31 heavy (non-hydrogen) atoms. The van der Waals surface area contributed by atoms with Crippen LogP contribution in [0.4, 0.5) is 11.4 Å². The highest BCUT2D eigenvalue weighted by Crippen LogP contribution is 2.27. The van der Waals surface area contributed by atoms with Crippen LogP contribution in [0.5, 0.6) is 0 Å². The molecular weight excluding hydrogens is 446 g/mol. The summed E-state index contributed by atoms with van der Waals surface area (Å²) in [7, 11) is 3.28. The van der Waals surface area contributed by atoms with Crippen molar-refractivity contribution in [1.82, 2.24) is 4.90 Å². The third-order valence-electron chi connectivity index (χ3n) is 4.03. The predicted molar refractivity (Wildman–Crippen MR) is 117 cm³/mol. The minimum Gasteiger partial charge on any atom is -0.449 e. The SMILES string of the molecule is C[C@@H](OC(=O)c1ccccc1SCC(=O)N(C)C)C(=O)Nc1ccc([N+](=O)[O-])cc1Cl. The Hall–Kier alpha value is -3.11. The number of hydrogen-bond acceptors (Lipinski definition) is 7. The van der Waals surface area contributed by atoms with E-state index in [1.165, 1.54) is 35.7 Å². The van der Waals surface area contributed by atoms with E-state index in [-0.39, 0.29) is 33.6 Å². The first kappa shape index (κ1) is 24.2. The fourth-order valence-corrected chi connectivity index (χ4v) is 3.50. The number of nitro groups is 1. The topological polar surface area (TPSA) is 119 Å². The standard InChI is InChI=1S/C20H20ClN3O6S/c1-12(19(26)22-16-9-8-13(24(28)29)10-15(16)21)30-20(27)14-6-4-5-7-17(14)31-11-18(25)23(2)3/h4-10,12H,11H2,1-3H3,(H,22,26)/t12-/m1/s1. The fourth-order valence-electron chi connectivity index (χ4n) is 2.26. The van der Waals surface area contributed by atoms with Gasteiger partial charge in [0.1, 0.15) is 0 Å². The monoisotopic (exact) mass is 465 g/mol. The van der Waals surface area contributed by atoms with Crippen molar-refractivity contribution >= 4 is 52.5 Å². The predicted octanol–water partition coefficient (Wildman–Crippen LogP) is 3.61. The smallest absolute Gasteiger partial charge is 0.340 e. The number of esters is 1. The zero-order valence-electron chi connectivity index (χ0n) is 17.0. The number of carbonyl (C=O) groups excluding carboxylic acids is 3. The van der Waals surface area contributed by atoms with Crippen molar-refractivity contribution in [2.24, 2.45) is 0 Å². The molecule has 2 aromatic rings. The molecular formula is C20H20ClN3O6S. The van der Waals surface area contributed by atoms with Crippen LogP contribution in [0.2, 0.25) is 5.02 Å². The normalized spacial score (nSPS) is 11.4. The minimum atomic E-state index is -1.17. The van der Waals surface area contributed by atoms with Gasteiger partial charge in [-0.1, -0.05) is 23.7 Å². The van der Waals surface area contributed by atoms with E-state index in [1.807, 2.05) is 0 Å². The Bertz CT molecular complexity index is 1010. The molecule has 0 bridgehead atoms. The van der Waals surface area contributed by atoms with E-state index in [1.54, 1.807) is 38.4 Å². The van der Waals surface area contributed by atoms with E-state index in [9.17, 15) is 24.5 Å². The number of benzene rings is 2. The summed E-state index contributed by atoms with van der Waals surface area (Å²) in [6.45, 7) is 1.39. The number of anilines is 1. The first-order valence-electron chi connectivity index (χ1n) is 8.98. The molecule has 2 aromatic carbocycles. The highest BCUT2D eigenvalue weighted by Gasteiger charge is 2.22. The Morgan fingerprint density at radius 3 is 2.52 bits per heavy atom. The first-order valence-corrected chi connectivity index (χ1v) is 10.3. The van der Waals surface area contributed by atoms with Crippen molar-refractivity contribution in [3.8, 4) is 0 Å². The van der Waals surface area contributed by atoms with Crippen LogP contribution in [0, 0.1) is 10.1 Å². The number of carbonyl (C=O) groups is 3. The Balaban J connectivity index is 2.04. The molecule has 164 valence electrons. The number of thioether (sulfide) groups is 1. The van der Waals surface area contributed by atoms with Gasteiger partial charge in [-0.2, -0.15) is 0 Å². The third-order valence-corrected chi connectivity index (χ3v) is 5.40. The van der Waals surface area contributed by atoms with Gasteiger partial charge in [-0.3, -0.25) is 19.7 Å². The molecule has 11 heteroatoms. The number of non-ortho nitro benzene ring substituents is 1. The first-order chi connectivity index (χ1) is 14.6. The Kier molecular flexibility index (Phi) is 8.40. The van der Waals surface area contributed by atoms with Gasteiger partial charge in [0.05, 0.1) is 26.9 Å². The largest absolute Gasteiger partial charge is 0.449 e. The molecule has 0 unspecified atom stereocenters. The zero-order valence-corrected chi connectivity index (χ0v) is 18.5. The number of nitrogens with zero attached hydrogens (tertiary/aromatic N) is 2. The van der Waals surface area contributed by atoms with Crippen LogP contribution in [-0.2, 0) is 14.3 Å². The summed E-state index contributed by atoms with van der Waals surface area (Å²) in [6, 6.07) is 10.2. The summed E-state index contributed by atoms with van der Waals surface area (Å²) < 4.78 is 5.26. The molecule has 0 aliphatic heterocycles. The second-order valence-electron chi connectivity index (χ2n) is 6.53. The van der Waals surface area contributed by atoms with Crippen molar-refractivity contribution in [3.05, 3.63) is 63.2 Å². The van der Waals surface area contributed by atoms with Gasteiger partial charge in [0.15, 0.2) is 6.10 Å². The highest BCUT2D eigenvalue weighted by atomic mass is 35.5. The molecule has 0 aliphatic rings. The van der Waals surface area contributed by atoms with Crippen LogP contribution in [0.15, 0.2) is 47.4 Å². The van der Waals surface area contributed by atoms with E-state index in [0.29, 0.717) is 4.90 Å². The van der Waals surface area contributed by atoms with Gasteiger partial charge in [-0.15, -0.1) is 11.8 Å². The summed E-state index contributed by atoms with van der Waals surface area (Å²) in [5.74, 6) is -1.35. The number of nitrogens with one attached hydrogen (secondary N) is 1. The van der Waals surface area contributed by atoms with Gasteiger partial charge in [-0.05, 0) is 25.1 Å². The summed E-state index contributed by atoms with van der Waals surface area (Å²) in [5.41, 5.74) is 0.162. The maximum Gasteiger partial charge on any atom is 0.340 e. The summed E-state index contributed by atoms with van der Waals surface area (Å²) in [4.78, 5) is 49.0.